The second kappa shape index (κ2) is 9.87. The molecule has 1 atom stereocenters. The smallest absolute Gasteiger partial charge is 0.191 e. The number of guanidine groups is 1. The van der Waals surface area contributed by atoms with Crippen LogP contribution in [0.15, 0.2) is 4.99 Å². The molecule has 2 fully saturated rings. The summed E-state index contributed by atoms with van der Waals surface area (Å²) in [5.74, 6) is 1.61. The highest BCUT2D eigenvalue weighted by molar-refractivity contribution is 14.0. The van der Waals surface area contributed by atoms with Gasteiger partial charge in [-0.15, -0.1) is 24.0 Å². The maximum absolute atomic E-state index is 6.10. The minimum absolute atomic E-state index is 0. The van der Waals surface area contributed by atoms with Crippen LogP contribution in [0.25, 0.3) is 0 Å². The second-order valence-corrected chi connectivity index (χ2v) is 6.64. The first-order chi connectivity index (χ1) is 9.66. The number of halogens is 1. The first kappa shape index (κ1) is 19.0. The minimum Gasteiger partial charge on any atom is -0.370 e. The molecule has 1 unspecified atom stereocenters. The average Bonchev–Trinajstić information content (AvgIpc) is 2.46. The predicted molar refractivity (Wildman–Crippen MR) is 101 cm³/mol. The number of nitrogens with two attached hydrogens (primary N) is 1. The quantitative estimate of drug-likeness (QED) is 0.337. The van der Waals surface area contributed by atoms with Crippen molar-refractivity contribution in [2.45, 2.75) is 58.4 Å². The van der Waals surface area contributed by atoms with Gasteiger partial charge in [0.1, 0.15) is 0 Å². The van der Waals surface area contributed by atoms with Crippen molar-refractivity contribution in [1.82, 2.24) is 9.80 Å². The number of hydrogen-bond donors (Lipinski definition) is 1. The number of nitrogens with zero attached hydrogens (tertiary/aromatic N) is 3. The van der Waals surface area contributed by atoms with Crippen molar-refractivity contribution in [3.05, 3.63) is 0 Å². The van der Waals surface area contributed by atoms with E-state index in [1.807, 2.05) is 0 Å². The number of piperidine rings is 2. The van der Waals surface area contributed by atoms with Crippen molar-refractivity contribution in [2.24, 2.45) is 16.6 Å². The van der Waals surface area contributed by atoms with Gasteiger partial charge in [-0.05, 0) is 51.5 Å². The first-order valence-electron chi connectivity index (χ1n) is 8.45. The molecule has 0 spiro atoms. The summed E-state index contributed by atoms with van der Waals surface area (Å²) < 4.78 is 0. The highest BCUT2D eigenvalue weighted by Gasteiger charge is 2.18. The molecular formula is C16H33IN4. The highest BCUT2D eigenvalue weighted by atomic mass is 127. The molecule has 0 radical (unpaired) electrons. The third-order valence-electron chi connectivity index (χ3n) is 4.93. The van der Waals surface area contributed by atoms with Crippen molar-refractivity contribution in [3.8, 4) is 0 Å². The molecule has 0 saturated carbocycles. The summed E-state index contributed by atoms with van der Waals surface area (Å²) in [6.07, 6.45) is 7.76. The summed E-state index contributed by atoms with van der Waals surface area (Å²) in [7, 11) is 0. The van der Waals surface area contributed by atoms with E-state index in [1.54, 1.807) is 0 Å². The van der Waals surface area contributed by atoms with Crippen molar-refractivity contribution in [1.29, 1.82) is 0 Å². The van der Waals surface area contributed by atoms with Gasteiger partial charge in [0.2, 0.25) is 0 Å². The van der Waals surface area contributed by atoms with E-state index in [9.17, 15) is 0 Å². The summed E-state index contributed by atoms with van der Waals surface area (Å²) >= 11 is 0. The predicted octanol–water partition coefficient (Wildman–Crippen LogP) is 2.92. The lowest BCUT2D eigenvalue weighted by Crippen LogP contribution is -2.42. The molecule has 4 nitrogen and oxygen atoms in total. The lowest BCUT2D eigenvalue weighted by molar-refractivity contribution is 0.160. The molecule has 5 heteroatoms. The molecule has 0 aromatic rings. The van der Waals surface area contributed by atoms with Gasteiger partial charge in [-0.3, -0.25) is 4.99 Å². The Hall–Kier alpha value is -0.0400. The number of likely N-dealkylation sites (tertiary alicyclic amines) is 2. The van der Waals surface area contributed by atoms with Crippen molar-refractivity contribution in [3.63, 3.8) is 0 Å². The Balaban J connectivity index is 0.00000220. The zero-order valence-electron chi connectivity index (χ0n) is 13.8. The van der Waals surface area contributed by atoms with Crippen LogP contribution in [-0.4, -0.2) is 54.5 Å². The molecule has 0 aromatic carbocycles. The number of rotatable bonds is 4. The van der Waals surface area contributed by atoms with Crippen LogP contribution in [0, 0.1) is 5.92 Å². The lowest BCUT2D eigenvalue weighted by atomic mass is 10.00. The van der Waals surface area contributed by atoms with E-state index >= 15 is 0 Å². The van der Waals surface area contributed by atoms with Crippen LogP contribution in [0.5, 0.6) is 0 Å². The standard InChI is InChI=1S/C16H32N4.HI/c1-14-7-12-20(13-8-14)16(17)18-9-5-11-19-10-4-3-6-15(19)2;/h14-15H,3-13H2,1-2H3,(H2,17,18);1H. The highest BCUT2D eigenvalue weighted by Crippen LogP contribution is 2.17. The molecule has 21 heavy (non-hydrogen) atoms. The number of aliphatic imine (C=N–C) groups is 1. The summed E-state index contributed by atoms with van der Waals surface area (Å²) in [6, 6.07) is 0.758. The van der Waals surface area contributed by atoms with E-state index in [1.165, 1.54) is 45.2 Å². The normalized spacial score (nSPS) is 25.7. The zero-order chi connectivity index (χ0) is 14.4. The fraction of sp³-hybridized carbons (Fsp3) is 0.938. The van der Waals surface area contributed by atoms with Gasteiger partial charge < -0.3 is 15.5 Å². The minimum atomic E-state index is 0. The van der Waals surface area contributed by atoms with Crippen LogP contribution in [0.3, 0.4) is 0 Å². The van der Waals surface area contributed by atoms with Crippen LogP contribution in [0.4, 0.5) is 0 Å². The van der Waals surface area contributed by atoms with E-state index in [2.05, 4.69) is 28.6 Å². The molecule has 0 amide bonds. The fourth-order valence-electron chi connectivity index (χ4n) is 3.29. The Bertz CT molecular complexity index is 313. The van der Waals surface area contributed by atoms with E-state index in [0.29, 0.717) is 0 Å². The molecular weight excluding hydrogens is 375 g/mol. The second-order valence-electron chi connectivity index (χ2n) is 6.64. The molecule has 2 aliphatic heterocycles. The van der Waals surface area contributed by atoms with Gasteiger partial charge in [0.25, 0.3) is 0 Å². The summed E-state index contributed by atoms with van der Waals surface area (Å²) in [5, 5.41) is 0. The summed E-state index contributed by atoms with van der Waals surface area (Å²) in [6.45, 7) is 10.2. The maximum atomic E-state index is 6.10. The van der Waals surface area contributed by atoms with Gasteiger partial charge in [0, 0.05) is 32.2 Å². The first-order valence-corrected chi connectivity index (χ1v) is 8.45. The fourth-order valence-corrected chi connectivity index (χ4v) is 3.29. The average molecular weight is 408 g/mol. The van der Waals surface area contributed by atoms with Gasteiger partial charge in [0.15, 0.2) is 5.96 Å². The van der Waals surface area contributed by atoms with E-state index < -0.39 is 0 Å². The molecule has 2 saturated heterocycles. The van der Waals surface area contributed by atoms with E-state index in [0.717, 1.165) is 44.0 Å². The molecule has 0 aliphatic carbocycles. The monoisotopic (exact) mass is 408 g/mol. The van der Waals surface area contributed by atoms with Gasteiger partial charge in [-0.25, -0.2) is 0 Å². The van der Waals surface area contributed by atoms with Crippen LogP contribution in [0.1, 0.15) is 52.4 Å². The van der Waals surface area contributed by atoms with Gasteiger partial charge in [-0.1, -0.05) is 13.3 Å². The largest absolute Gasteiger partial charge is 0.370 e. The van der Waals surface area contributed by atoms with Gasteiger partial charge >= 0.3 is 0 Å². The zero-order valence-corrected chi connectivity index (χ0v) is 16.1. The Labute approximate surface area is 147 Å². The van der Waals surface area contributed by atoms with Crippen molar-refractivity contribution < 1.29 is 0 Å². The van der Waals surface area contributed by atoms with Crippen molar-refractivity contribution >= 4 is 29.9 Å². The Morgan fingerprint density at radius 3 is 2.48 bits per heavy atom. The van der Waals surface area contributed by atoms with Crippen molar-refractivity contribution in [2.75, 3.05) is 32.7 Å². The van der Waals surface area contributed by atoms with E-state index in [-0.39, 0.29) is 24.0 Å². The topological polar surface area (TPSA) is 44.9 Å². The molecule has 0 aromatic heterocycles. The molecule has 2 N–H and O–H groups in total. The van der Waals surface area contributed by atoms with Gasteiger partial charge in [-0.2, -0.15) is 0 Å². The Morgan fingerprint density at radius 2 is 1.81 bits per heavy atom. The molecule has 0 bridgehead atoms. The maximum Gasteiger partial charge on any atom is 0.191 e. The Morgan fingerprint density at radius 1 is 1.10 bits per heavy atom. The van der Waals surface area contributed by atoms with Gasteiger partial charge in [0.05, 0.1) is 0 Å². The molecule has 2 aliphatic rings. The van der Waals surface area contributed by atoms with Crippen LogP contribution in [-0.2, 0) is 0 Å². The molecule has 2 rings (SSSR count). The third-order valence-corrected chi connectivity index (χ3v) is 4.93. The molecule has 124 valence electrons. The Kier molecular flexibility index (Phi) is 8.94. The SMILES string of the molecule is CC1CCN(C(N)=NCCCN2CCCCC2C)CC1.I. The van der Waals surface area contributed by atoms with Crippen LogP contribution < -0.4 is 5.73 Å². The lowest BCUT2D eigenvalue weighted by Gasteiger charge is -2.33. The van der Waals surface area contributed by atoms with E-state index in [4.69, 9.17) is 5.73 Å². The van der Waals surface area contributed by atoms with Crippen LogP contribution in [0.2, 0.25) is 0 Å². The summed E-state index contributed by atoms with van der Waals surface area (Å²) in [5.41, 5.74) is 6.10. The third kappa shape index (κ3) is 6.30. The number of hydrogen-bond acceptors (Lipinski definition) is 2. The summed E-state index contributed by atoms with van der Waals surface area (Å²) in [4.78, 5) is 9.44. The molecule has 2 heterocycles. The van der Waals surface area contributed by atoms with Crippen LogP contribution >= 0.6 is 24.0 Å².